The topological polar surface area (TPSA) is 40.5 Å². The van der Waals surface area contributed by atoms with Crippen molar-refractivity contribution in [2.75, 3.05) is 13.2 Å². The first-order chi connectivity index (χ1) is 7.79. The maximum absolute atomic E-state index is 12.0. The Morgan fingerprint density at radius 1 is 1.38 bits per heavy atom. The molecular weight excluding hydrogens is 202 g/mol. The number of aliphatic hydroxyl groups excluding tert-OH is 1. The van der Waals surface area contributed by atoms with Gasteiger partial charge in [-0.05, 0) is 19.3 Å². The summed E-state index contributed by atoms with van der Waals surface area (Å²) in [5, 5.41) is 9.03. The van der Waals surface area contributed by atoms with Crippen LogP contribution in [0.4, 0.5) is 0 Å². The number of hydrogen-bond acceptors (Lipinski definition) is 2. The molecule has 1 amide bonds. The van der Waals surface area contributed by atoms with Crippen LogP contribution in [0.3, 0.4) is 0 Å². The van der Waals surface area contributed by atoms with Gasteiger partial charge in [0.05, 0.1) is 6.61 Å². The highest BCUT2D eigenvalue weighted by molar-refractivity contribution is 5.76. The molecule has 1 aliphatic rings. The monoisotopic (exact) mass is 225 g/mol. The van der Waals surface area contributed by atoms with Gasteiger partial charge in [-0.25, -0.2) is 0 Å². The number of carbonyl (C=O) groups is 1. The van der Waals surface area contributed by atoms with Crippen molar-refractivity contribution < 1.29 is 9.90 Å². The minimum absolute atomic E-state index is 0.0658. The molecule has 1 N–H and O–H groups in total. The van der Waals surface area contributed by atoms with Gasteiger partial charge in [0, 0.05) is 19.0 Å². The Labute approximate surface area is 98.1 Å². The van der Waals surface area contributed by atoms with Crippen LogP contribution in [-0.2, 0) is 4.79 Å². The van der Waals surface area contributed by atoms with Crippen LogP contribution < -0.4 is 0 Å². The second-order valence-electron chi connectivity index (χ2n) is 4.43. The molecule has 1 aliphatic carbocycles. The van der Waals surface area contributed by atoms with E-state index >= 15 is 0 Å². The van der Waals surface area contributed by atoms with Crippen molar-refractivity contribution in [1.82, 2.24) is 4.90 Å². The molecule has 0 aromatic carbocycles. The van der Waals surface area contributed by atoms with Crippen LogP contribution in [0.15, 0.2) is 12.7 Å². The zero-order valence-electron chi connectivity index (χ0n) is 10.0. The third-order valence-corrected chi connectivity index (χ3v) is 3.24. The van der Waals surface area contributed by atoms with Crippen molar-refractivity contribution in [3.8, 4) is 0 Å². The SMILES string of the molecule is C=CCCC(=O)N(CCO)C1CCCCC1. The molecule has 0 heterocycles. The Morgan fingerprint density at radius 2 is 2.06 bits per heavy atom. The molecule has 1 rings (SSSR count). The molecule has 1 fully saturated rings. The van der Waals surface area contributed by atoms with E-state index in [-0.39, 0.29) is 12.5 Å². The van der Waals surface area contributed by atoms with Crippen LogP contribution >= 0.6 is 0 Å². The van der Waals surface area contributed by atoms with Crippen molar-refractivity contribution in [1.29, 1.82) is 0 Å². The Bertz CT molecular complexity index is 222. The zero-order valence-corrected chi connectivity index (χ0v) is 10.0. The van der Waals surface area contributed by atoms with E-state index in [1.54, 1.807) is 6.08 Å². The third-order valence-electron chi connectivity index (χ3n) is 3.24. The minimum atomic E-state index is 0.0658. The first-order valence-electron chi connectivity index (χ1n) is 6.30. The molecule has 0 bridgehead atoms. The predicted octanol–water partition coefficient (Wildman–Crippen LogP) is 2.11. The van der Waals surface area contributed by atoms with Crippen LogP contribution in [0, 0.1) is 0 Å². The van der Waals surface area contributed by atoms with E-state index in [2.05, 4.69) is 6.58 Å². The Morgan fingerprint density at radius 3 is 2.62 bits per heavy atom. The Kier molecular flexibility index (Phi) is 6.16. The van der Waals surface area contributed by atoms with Gasteiger partial charge in [-0.15, -0.1) is 6.58 Å². The summed E-state index contributed by atoms with van der Waals surface area (Å²) in [6.45, 7) is 4.18. The Balaban J connectivity index is 2.50. The normalized spacial score (nSPS) is 17.1. The van der Waals surface area contributed by atoms with Gasteiger partial charge in [0.1, 0.15) is 0 Å². The maximum atomic E-state index is 12.0. The quantitative estimate of drug-likeness (QED) is 0.703. The third kappa shape index (κ3) is 3.97. The van der Waals surface area contributed by atoms with Crippen LogP contribution in [-0.4, -0.2) is 35.1 Å². The lowest BCUT2D eigenvalue weighted by molar-refractivity contribution is -0.134. The summed E-state index contributed by atoms with van der Waals surface area (Å²) in [7, 11) is 0. The highest BCUT2D eigenvalue weighted by atomic mass is 16.3. The number of amides is 1. The number of hydrogen-bond donors (Lipinski definition) is 1. The van der Waals surface area contributed by atoms with Crippen LogP contribution in [0.2, 0.25) is 0 Å². The molecule has 0 unspecified atom stereocenters. The average molecular weight is 225 g/mol. The fourth-order valence-corrected chi connectivity index (χ4v) is 2.38. The summed E-state index contributed by atoms with van der Waals surface area (Å²) < 4.78 is 0. The van der Waals surface area contributed by atoms with Gasteiger partial charge in [-0.2, -0.15) is 0 Å². The van der Waals surface area contributed by atoms with Gasteiger partial charge in [0.25, 0.3) is 0 Å². The molecule has 0 spiro atoms. The fourth-order valence-electron chi connectivity index (χ4n) is 2.38. The molecule has 0 radical (unpaired) electrons. The highest BCUT2D eigenvalue weighted by Gasteiger charge is 2.24. The van der Waals surface area contributed by atoms with E-state index in [4.69, 9.17) is 5.11 Å². The number of allylic oxidation sites excluding steroid dienone is 1. The van der Waals surface area contributed by atoms with Crippen LogP contribution in [0.5, 0.6) is 0 Å². The number of carbonyl (C=O) groups excluding carboxylic acids is 1. The summed E-state index contributed by atoms with van der Waals surface area (Å²) in [5.41, 5.74) is 0. The van der Waals surface area contributed by atoms with E-state index < -0.39 is 0 Å². The molecular formula is C13H23NO2. The molecule has 3 nitrogen and oxygen atoms in total. The Hall–Kier alpha value is -0.830. The molecule has 92 valence electrons. The zero-order chi connectivity index (χ0) is 11.8. The smallest absolute Gasteiger partial charge is 0.223 e. The maximum Gasteiger partial charge on any atom is 0.223 e. The second kappa shape index (κ2) is 7.44. The minimum Gasteiger partial charge on any atom is -0.395 e. The molecule has 1 saturated carbocycles. The van der Waals surface area contributed by atoms with E-state index in [1.165, 1.54) is 19.3 Å². The number of rotatable bonds is 6. The van der Waals surface area contributed by atoms with Gasteiger partial charge in [0.15, 0.2) is 0 Å². The van der Waals surface area contributed by atoms with Gasteiger partial charge < -0.3 is 10.0 Å². The highest BCUT2D eigenvalue weighted by Crippen LogP contribution is 2.23. The summed E-state index contributed by atoms with van der Waals surface area (Å²) in [5.74, 6) is 0.167. The lowest BCUT2D eigenvalue weighted by Crippen LogP contribution is -2.43. The van der Waals surface area contributed by atoms with Crippen molar-refractivity contribution in [3.63, 3.8) is 0 Å². The summed E-state index contributed by atoms with van der Waals surface area (Å²) in [4.78, 5) is 13.8. The molecule has 0 aromatic rings. The van der Waals surface area contributed by atoms with Crippen molar-refractivity contribution >= 4 is 5.91 Å². The van der Waals surface area contributed by atoms with E-state index in [1.807, 2.05) is 4.90 Å². The summed E-state index contributed by atoms with van der Waals surface area (Å²) >= 11 is 0. The van der Waals surface area contributed by atoms with Crippen LogP contribution in [0.25, 0.3) is 0 Å². The van der Waals surface area contributed by atoms with Gasteiger partial charge in [-0.1, -0.05) is 25.3 Å². The van der Waals surface area contributed by atoms with Crippen molar-refractivity contribution in [2.45, 2.75) is 51.0 Å². The number of nitrogens with zero attached hydrogens (tertiary/aromatic N) is 1. The van der Waals surface area contributed by atoms with E-state index in [0.29, 0.717) is 19.0 Å². The average Bonchev–Trinajstić information content (AvgIpc) is 2.34. The van der Waals surface area contributed by atoms with Gasteiger partial charge >= 0.3 is 0 Å². The second-order valence-corrected chi connectivity index (χ2v) is 4.43. The first-order valence-corrected chi connectivity index (χ1v) is 6.30. The lowest BCUT2D eigenvalue weighted by Gasteiger charge is -2.34. The van der Waals surface area contributed by atoms with E-state index in [9.17, 15) is 4.79 Å². The van der Waals surface area contributed by atoms with Gasteiger partial charge in [0.2, 0.25) is 5.91 Å². The molecule has 0 saturated heterocycles. The molecule has 16 heavy (non-hydrogen) atoms. The molecule has 0 aliphatic heterocycles. The lowest BCUT2D eigenvalue weighted by atomic mass is 9.94. The van der Waals surface area contributed by atoms with Gasteiger partial charge in [-0.3, -0.25) is 4.79 Å². The van der Waals surface area contributed by atoms with Crippen molar-refractivity contribution in [2.24, 2.45) is 0 Å². The standard InChI is InChI=1S/C13H23NO2/c1-2-3-9-13(16)14(10-11-15)12-7-5-4-6-8-12/h2,12,15H,1,3-11H2. The van der Waals surface area contributed by atoms with Crippen LogP contribution in [0.1, 0.15) is 44.9 Å². The molecule has 0 atom stereocenters. The van der Waals surface area contributed by atoms with Crippen molar-refractivity contribution in [3.05, 3.63) is 12.7 Å². The summed E-state index contributed by atoms with van der Waals surface area (Å²) in [6.07, 6.45) is 8.93. The predicted molar refractivity (Wildman–Crippen MR) is 65.1 cm³/mol. The number of aliphatic hydroxyl groups is 1. The van der Waals surface area contributed by atoms with E-state index in [0.717, 1.165) is 19.3 Å². The molecule has 3 heteroatoms. The summed E-state index contributed by atoms with van der Waals surface area (Å²) in [6, 6.07) is 0.359. The largest absolute Gasteiger partial charge is 0.395 e. The molecule has 0 aromatic heterocycles. The fraction of sp³-hybridized carbons (Fsp3) is 0.769. The first kappa shape index (κ1) is 13.2.